The van der Waals surface area contributed by atoms with E-state index in [-0.39, 0.29) is 0 Å². The van der Waals surface area contributed by atoms with E-state index in [0.717, 1.165) is 12.1 Å². The van der Waals surface area contributed by atoms with Crippen molar-refractivity contribution >= 4 is 6.72 Å². The Morgan fingerprint density at radius 3 is 2.75 bits per heavy atom. The van der Waals surface area contributed by atoms with Gasteiger partial charge in [0.25, 0.3) is 0 Å². The molecule has 0 spiro atoms. The van der Waals surface area contributed by atoms with Crippen LogP contribution in [0.5, 0.6) is 0 Å². The van der Waals surface area contributed by atoms with Crippen LogP contribution < -0.4 is 5.32 Å². The van der Waals surface area contributed by atoms with Crippen molar-refractivity contribution in [2.24, 2.45) is 4.99 Å². The molecule has 1 N–H and O–H groups in total. The van der Waals surface area contributed by atoms with Crippen molar-refractivity contribution < 1.29 is 0 Å². The maximum atomic E-state index is 3.76. The predicted octanol–water partition coefficient (Wildman–Crippen LogP) is 1.92. The highest BCUT2D eigenvalue weighted by molar-refractivity contribution is 5.23. The van der Waals surface area contributed by atoms with Crippen molar-refractivity contribution in [1.29, 1.82) is 0 Å². The van der Waals surface area contributed by atoms with E-state index in [1.165, 1.54) is 0 Å². The van der Waals surface area contributed by atoms with E-state index in [0.29, 0.717) is 6.54 Å². The minimum Gasteiger partial charge on any atom is -0.389 e. The third kappa shape index (κ3) is 6.81. The molecule has 0 amide bonds. The summed E-state index contributed by atoms with van der Waals surface area (Å²) in [4.78, 5) is 3.69. The Kier molecular flexibility index (Phi) is 6.94. The molecule has 0 heterocycles. The average molecular weight is 164 g/mol. The first-order chi connectivity index (χ1) is 5.81. The van der Waals surface area contributed by atoms with Crippen molar-refractivity contribution in [1.82, 2.24) is 5.32 Å². The molecule has 0 aromatic rings. The van der Waals surface area contributed by atoms with Crippen molar-refractivity contribution in [2.45, 2.75) is 6.42 Å². The van der Waals surface area contributed by atoms with Gasteiger partial charge >= 0.3 is 0 Å². The van der Waals surface area contributed by atoms with Gasteiger partial charge in [-0.3, -0.25) is 4.99 Å². The molecule has 0 bridgehead atoms. The molecule has 12 heavy (non-hydrogen) atoms. The average Bonchev–Trinajstić information content (AvgIpc) is 2.10. The smallest absolute Gasteiger partial charge is 0.0563 e. The zero-order valence-electron chi connectivity index (χ0n) is 7.59. The Morgan fingerprint density at radius 2 is 2.17 bits per heavy atom. The van der Waals surface area contributed by atoms with Crippen LogP contribution in [0, 0.1) is 0 Å². The van der Waals surface area contributed by atoms with Gasteiger partial charge in [0.15, 0.2) is 0 Å². The van der Waals surface area contributed by atoms with Crippen molar-refractivity contribution in [3.8, 4) is 0 Å². The molecule has 0 atom stereocenters. The van der Waals surface area contributed by atoms with Crippen LogP contribution in [-0.4, -0.2) is 20.3 Å². The molecule has 2 nitrogen and oxygen atoms in total. The van der Waals surface area contributed by atoms with Gasteiger partial charge in [0.05, 0.1) is 6.54 Å². The van der Waals surface area contributed by atoms with E-state index >= 15 is 0 Å². The van der Waals surface area contributed by atoms with Gasteiger partial charge in [0.2, 0.25) is 0 Å². The molecule has 0 saturated heterocycles. The number of nitrogens with one attached hydrogen (secondary N) is 1. The van der Waals surface area contributed by atoms with Crippen LogP contribution in [0.4, 0.5) is 0 Å². The lowest BCUT2D eigenvalue weighted by Gasteiger charge is -1.93. The molecule has 0 aliphatic heterocycles. The van der Waals surface area contributed by atoms with Gasteiger partial charge < -0.3 is 5.32 Å². The normalized spacial score (nSPS) is 10.8. The third-order valence-corrected chi connectivity index (χ3v) is 1.31. The predicted molar refractivity (Wildman–Crippen MR) is 55.5 cm³/mol. The monoisotopic (exact) mass is 164 g/mol. The molecule has 0 aliphatic rings. The minimum atomic E-state index is 0.695. The molecule has 0 aromatic carbocycles. The van der Waals surface area contributed by atoms with E-state index in [1.54, 1.807) is 0 Å². The highest BCUT2D eigenvalue weighted by Crippen LogP contribution is 1.90. The molecule has 2 heteroatoms. The number of hydrogen-bond donors (Lipinski definition) is 1. The Bertz CT molecular complexity index is 190. The maximum absolute atomic E-state index is 3.76. The van der Waals surface area contributed by atoms with E-state index in [9.17, 15) is 0 Å². The quantitative estimate of drug-likeness (QED) is 0.362. The highest BCUT2D eigenvalue weighted by Gasteiger charge is 1.76. The minimum absolute atomic E-state index is 0.695. The molecule has 66 valence electrons. The summed E-state index contributed by atoms with van der Waals surface area (Å²) in [6, 6.07) is 0. The number of likely N-dealkylation sites (N-methyl/N-ethyl adjacent to an activating group) is 1. The lowest BCUT2D eigenvalue weighted by Crippen LogP contribution is -2.00. The maximum Gasteiger partial charge on any atom is 0.0563 e. The topological polar surface area (TPSA) is 24.4 Å². The molecule has 0 aromatic heterocycles. The van der Waals surface area contributed by atoms with Crippen molar-refractivity contribution in [2.75, 3.05) is 13.6 Å². The molecular weight excluding hydrogens is 148 g/mol. The molecule has 0 rings (SSSR count). The van der Waals surface area contributed by atoms with Gasteiger partial charge in [0.1, 0.15) is 0 Å². The number of allylic oxidation sites excluding steroid dienone is 3. The van der Waals surface area contributed by atoms with Crippen LogP contribution >= 0.6 is 0 Å². The molecule has 0 unspecified atom stereocenters. The van der Waals surface area contributed by atoms with Gasteiger partial charge in [-0.25, -0.2) is 0 Å². The van der Waals surface area contributed by atoms with Gasteiger partial charge in [-0.2, -0.15) is 0 Å². The molecule has 0 fully saturated rings. The fourth-order valence-electron chi connectivity index (χ4n) is 0.617. The summed E-state index contributed by atoms with van der Waals surface area (Å²) in [5, 5.41) is 2.93. The fraction of sp³-hybridized carbons (Fsp3) is 0.300. The largest absolute Gasteiger partial charge is 0.389 e. The zero-order chi connectivity index (χ0) is 9.23. The molecule has 0 saturated carbocycles. The van der Waals surface area contributed by atoms with Gasteiger partial charge in [-0.05, 0) is 19.2 Å². The summed E-state index contributed by atoms with van der Waals surface area (Å²) in [6.45, 7) is 7.83. The zero-order valence-corrected chi connectivity index (χ0v) is 7.59. The number of rotatable bonds is 6. The van der Waals surface area contributed by atoms with Crippen molar-refractivity contribution in [3.63, 3.8) is 0 Å². The first-order valence-electron chi connectivity index (χ1n) is 3.92. The Hall–Kier alpha value is -1.31. The van der Waals surface area contributed by atoms with Gasteiger partial charge in [0, 0.05) is 12.7 Å². The van der Waals surface area contributed by atoms with Crippen LogP contribution in [0.15, 0.2) is 41.6 Å². The van der Waals surface area contributed by atoms with E-state index in [2.05, 4.69) is 23.6 Å². The first-order valence-corrected chi connectivity index (χ1v) is 3.92. The first kappa shape index (κ1) is 10.7. The van der Waals surface area contributed by atoms with Crippen molar-refractivity contribution in [3.05, 3.63) is 36.6 Å². The Morgan fingerprint density at radius 1 is 1.42 bits per heavy atom. The number of nitrogens with zero attached hydrogens (tertiary/aromatic N) is 1. The van der Waals surface area contributed by atoms with Gasteiger partial charge in [-0.15, -0.1) is 0 Å². The van der Waals surface area contributed by atoms with E-state index < -0.39 is 0 Å². The summed E-state index contributed by atoms with van der Waals surface area (Å²) >= 11 is 0. The lowest BCUT2D eigenvalue weighted by atomic mass is 10.3. The summed E-state index contributed by atoms with van der Waals surface area (Å²) in [6.07, 6.45) is 8.94. The SMILES string of the molecule is C=NC/C=C\C/C=C\C(=C)NC. The lowest BCUT2D eigenvalue weighted by molar-refractivity contribution is 1.04. The Labute approximate surface area is 74.4 Å². The third-order valence-electron chi connectivity index (χ3n) is 1.31. The van der Waals surface area contributed by atoms with E-state index in [4.69, 9.17) is 0 Å². The Balaban J connectivity index is 3.47. The summed E-state index contributed by atoms with van der Waals surface area (Å²) in [5.74, 6) is 0. The summed E-state index contributed by atoms with van der Waals surface area (Å²) in [7, 11) is 1.85. The highest BCUT2D eigenvalue weighted by atomic mass is 14.8. The number of aliphatic imine (C=N–C) groups is 1. The van der Waals surface area contributed by atoms with Crippen LogP contribution in [0.2, 0.25) is 0 Å². The second kappa shape index (κ2) is 7.79. The second-order valence-corrected chi connectivity index (χ2v) is 2.29. The summed E-state index contributed by atoms with van der Waals surface area (Å²) in [5.41, 5.74) is 0.922. The van der Waals surface area contributed by atoms with Crippen LogP contribution in [0.1, 0.15) is 6.42 Å². The summed E-state index contributed by atoms with van der Waals surface area (Å²) < 4.78 is 0. The van der Waals surface area contributed by atoms with Gasteiger partial charge in [-0.1, -0.05) is 24.8 Å². The van der Waals surface area contributed by atoms with Crippen LogP contribution in [0.25, 0.3) is 0 Å². The molecule has 0 radical (unpaired) electrons. The second-order valence-electron chi connectivity index (χ2n) is 2.29. The fourth-order valence-corrected chi connectivity index (χ4v) is 0.617. The van der Waals surface area contributed by atoms with Crippen LogP contribution in [-0.2, 0) is 0 Å². The number of hydrogen-bond acceptors (Lipinski definition) is 2. The van der Waals surface area contributed by atoms with E-state index in [1.807, 2.05) is 31.4 Å². The molecular formula is C10H16N2. The van der Waals surface area contributed by atoms with Crippen LogP contribution in [0.3, 0.4) is 0 Å². The standard InChI is InChI=1S/C10H16N2/c1-10(12-3)8-6-4-5-7-9-11-2/h5-8,12H,1-2,4,9H2,3H3/b7-5-,8-6-. The molecule has 0 aliphatic carbocycles.